The molecule has 0 atom stereocenters. The fraction of sp³-hybridized carbons (Fsp3) is 0.857. The molecule has 0 saturated heterocycles. The van der Waals surface area contributed by atoms with Crippen LogP contribution in [0, 0.1) is 0 Å². The Labute approximate surface area is 56.9 Å². The fourth-order valence-corrected chi connectivity index (χ4v) is 0.392. The van der Waals surface area contributed by atoms with E-state index >= 15 is 0 Å². The van der Waals surface area contributed by atoms with E-state index in [1.807, 2.05) is 13.8 Å². The monoisotopic (exact) mass is 129 g/mol. The highest BCUT2D eigenvalue weighted by molar-refractivity contribution is 5.47. The molecular weight excluding hydrogens is 114 g/mol. The second kappa shape index (κ2) is 2.85. The Hall–Kier alpha value is -0.530. The molecule has 0 aromatic heterocycles. The highest BCUT2D eigenvalue weighted by Crippen LogP contribution is 2.13. The van der Waals surface area contributed by atoms with Crippen molar-refractivity contribution in [3.8, 4) is 0 Å². The summed E-state index contributed by atoms with van der Waals surface area (Å²) in [6, 6.07) is 0. The SMILES string of the molecule is CCC(C)(C)N(C)C=O. The molecule has 0 N–H and O–H groups in total. The lowest BCUT2D eigenvalue weighted by atomic mass is 10.0. The number of carbonyl (C=O) groups excluding carboxylic acids is 1. The maximum atomic E-state index is 10.2. The molecule has 0 fully saturated rings. The summed E-state index contributed by atoms with van der Waals surface area (Å²) in [4.78, 5) is 11.9. The predicted octanol–water partition coefficient (Wildman–Crippen LogP) is 1.26. The number of hydrogen-bond acceptors (Lipinski definition) is 1. The van der Waals surface area contributed by atoms with Crippen molar-refractivity contribution < 1.29 is 4.79 Å². The zero-order valence-corrected chi connectivity index (χ0v) is 6.64. The molecule has 0 unspecified atom stereocenters. The number of carbonyl (C=O) groups is 1. The highest BCUT2D eigenvalue weighted by Gasteiger charge is 2.18. The second-order valence-corrected chi connectivity index (χ2v) is 2.88. The minimum Gasteiger partial charge on any atom is -0.343 e. The second-order valence-electron chi connectivity index (χ2n) is 2.88. The molecule has 0 bridgehead atoms. The molecule has 0 spiro atoms. The van der Waals surface area contributed by atoms with Crippen molar-refractivity contribution in [1.82, 2.24) is 4.90 Å². The Morgan fingerprint density at radius 1 is 1.56 bits per heavy atom. The van der Waals surface area contributed by atoms with Gasteiger partial charge in [-0.3, -0.25) is 4.79 Å². The molecule has 0 aromatic rings. The number of amides is 1. The average Bonchev–Trinajstić information content (AvgIpc) is 1.86. The third-order valence-corrected chi connectivity index (χ3v) is 1.98. The van der Waals surface area contributed by atoms with E-state index in [1.165, 1.54) is 0 Å². The summed E-state index contributed by atoms with van der Waals surface area (Å²) in [5.41, 5.74) is 0.0156. The molecule has 54 valence electrons. The Kier molecular flexibility index (Phi) is 2.68. The van der Waals surface area contributed by atoms with Crippen molar-refractivity contribution >= 4 is 6.41 Å². The van der Waals surface area contributed by atoms with Crippen LogP contribution in [0.25, 0.3) is 0 Å². The van der Waals surface area contributed by atoms with E-state index < -0.39 is 0 Å². The summed E-state index contributed by atoms with van der Waals surface area (Å²) in [5, 5.41) is 0. The van der Waals surface area contributed by atoms with Crippen LogP contribution in [-0.4, -0.2) is 23.9 Å². The molecule has 0 aromatic carbocycles. The van der Waals surface area contributed by atoms with Gasteiger partial charge in [0.15, 0.2) is 0 Å². The third-order valence-electron chi connectivity index (χ3n) is 1.98. The quantitative estimate of drug-likeness (QED) is 0.525. The van der Waals surface area contributed by atoms with E-state index in [9.17, 15) is 4.79 Å². The van der Waals surface area contributed by atoms with Crippen LogP contribution in [0.15, 0.2) is 0 Å². The predicted molar refractivity (Wildman–Crippen MR) is 38.2 cm³/mol. The van der Waals surface area contributed by atoms with Gasteiger partial charge < -0.3 is 4.90 Å². The van der Waals surface area contributed by atoms with Gasteiger partial charge in [-0.25, -0.2) is 0 Å². The molecular formula is C7H15NO. The van der Waals surface area contributed by atoms with Gasteiger partial charge in [0.05, 0.1) is 0 Å². The van der Waals surface area contributed by atoms with Crippen LogP contribution < -0.4 is 0 Å². The van der Waals surface area contributed by atoms with Crippen LogP contribution in [0.2, 0.25) is 0 Å². The van der Waals surface area contributed by atoms with Gasteiger partial charge in [0.25, 0.3) is 0 Å². The molecule has 0 aliphatic heterocycles. The van der Waals surface area contributed by atoms with Crippen LogP contribution in [-0.2, 0) is 4.79 Å². The molecule has 0 heterocycles. The van der Waals surface area contributed by atoms with Gasteiger partial charge in [0.2, 0.25) is 6.41 Å². The largest absolute Gasteiger partial charge is 0.343 e. The average molecular weight is 129 g/mol. The minimum absolute atomic E-state index is 0.0156. The summed E-state index contributed by atoms with van der Waals surface area (Å²) < 4.78 is 0. The van der Waals surface area contributed by atoms with Crippen molar-refractivity contribution in [2.24, 2.45) is 0 Å². The van der Waals surface area contributed by atoms with Crippen LogP contribution in [0.5, 0.6) is 0 Å². The molecule has 0 aliphatic carbocycles. The van der Waals surface area contributed by atoms with Crippen molar-refractivity contribution in [2.45, 2.75) is 32.7 Å². The third kappa shape index (κ3) is 2.04. The van der Waals surface area contributed by atoms with Crippen LogP contribution in [0.1, 0.15) is 27.2 Å². The lowest BCUT2D eigenvalue weighted by Crippen LogP contribution is -2.39. The van der Waals surface area contributed by atoms with Crippen LogP contribution in [0.4, 0.5) is 0 Å². The first kappa shape index (κ1) is 8.47. The van der Waals surface area contributed by atoms with Gasteiger partial charge >= 0.3 is 0 Å². The lowest BCUT2D eigenvalue weighted by Gasteiger charge is -2.31. The summed E-state index contributed by atoms with van der Waals surface area (Å²) in [5.74, 6) is 0. The van der Waals surface area contributed by atoms with E-state index in [2.05, 4.69) is 6.92 Å². The molecule has 9 heavy (non-hydrogen) atoms. The standard InChI is InChI=1S/C7H15NO/c1-5-7(2,3)8(4)6-9/h6H,5H2,1-4H3. The molecule has 1 amide bonds. The Morgan fingerprint density at radius 3 is 2.11 bits per heavy atom. The van der Waals surface area contributed by atoms with E-state index in [-0.39, 0.29) is 5.54 Å². The molecule has 0 radical (unpaired) electrons. The fourth-order valence-electron chi connectivity index (χ4n) is 0.392. The van der Waals surface area contributed by atoms with Crippen LogP contribution in [0.3, 0.4) is 0 Å². The summed E-state index contributed by atoms with van der Waals surface area (Å²) >= 11 is 0. The van der Waals surface area contributed by atoms with Crippen molar-refractivity contribution in [2.75, 3.05) is 7.05 Å². The van der Waals surface area contributed by atoms with Gasteiger partial charge in [-0.1, -0.05) is 6.92 Å². The first-order valence-corrected chi connectivity index (χ1v) is 3.23. The van der Waals surface area contributed by atoms with Gasteiger partial charge in [0, 0.05) is 12.6 Å². The summed E-state index contributed by atoms with van der Waals surface area (Å²) in [6.45, 7) is 6.16. The van der Waals surface area contributed by atoms with Crippen molar-refractivity contribution in [3.63, 3.8) is 0 Å². The zero-order chi connectivity index (χ0) is 7.49. The Morgan fingerprint density at radius 2 is 2.00 bits per heavy atom. The highest BCUT2D eigenvalue weighted by atomic mass is 16.1. The number of rotatable bonds is 3. The Bertz CT molecular complexity index is 99.1. The van der Waals surface area contributed by atoms with Gasteiger partial charge in [-0.2, -0.15) is 0 Å². The van der Waals surface area contributed by atoms with Crippen LogP contribution >= 0.6 is 0 Å². The molecule has 2 heteroatoms. The Balaban J connectivity index is 3.95. The first-order chi connectivity index (χ1) is 4.04. The van der Waals surface area contributed by atoms with E-state index in [0.717, 1.165) is 12.8 Å². The van der Waals surface area contributed by atoms with Crippen molar-refractivity contribution in [1.29, 1.82) is 0 Å². The molecule has 0 saturated carbocycles. The van der Waals surface area contributed by atoms with E-state index in [4.69, 9.17) is 0 Å². The zero-order valence-electron chi connectivity index (χ0n) is 6.64. The topological polar surface area (TPSA) is 20.3 Å². The first-order valence-electron chi connectivity index (χ1n) is 3.23. The van der Waals surface area contributed by atoms with Gasteiger partial charge in [0.1, 0.15) is 0 Å². The smallest absolute Gasteiger partial charge is 0.209 e. The summed E-state index contributed by atoms with van der Waals surface area (Å²) in [7, 11) is 1.80. The maximum Gasteiger partial charge on any atom is 0.209 e. The molecule has 0 rings (SSSR count). The summed E-state index contributed by atoms with van der Waals surface area (Å²) in [6.07, 6.45) is 1.85. The number of nitrogens with zero attached hydrogens (tertiary/aromatic N) is 1. The normalized spacial score (nSPS) is 11.1. The van der Waals surface area contributed by atoms with E-state index in [0.29, 0.717) is 0 Å². The minimum atomic E-state index is 0.0156. The molecule has 0 aliphatic rings. The van der Waals surface area contributed by atoms with Gasteiger partial charge in [-0.15, -0.1) is 0 Å². The maximum absolute atomic E-state index is 10.2. The lowest BCUT2D eigenvalue weighted by molar-refractivity contribution is -0.121. The van der Waals surface area contributed by atoms with Crippen molar-refractivity contribution in [3.05, 3.63) is 0 Å². The van der Waals surface area contributed by atoms with Gasteiger partial charge in [-0.05, 0) is 20.3 Å². The van der Waals surface area contributed by atoms with E-state index in [1.54, 1.807) is 11.9 Å². The molecule has 2 nitrogen and oxygen atoms in total. The number of hydrogen-bond donors (Lipinski definition) is 0.